The average Bonchev–Trinajstić information content (AvgIpc) is 3.42. The van der Waals surface area contributed by atoms with Crippen molar-refractivity contribution in [1.29, 1.82) is 0 Å². The third kappa shape index (κ3) is 6.13. The van der Waals surface area contributed by atoms with Crippen molar-refractivity contribution in [3.8, 4) is 28.5 Å². The lowest BCUT2D eigenvalue weighted by Gasteiger charge is -2.17. The summed E-state index contributed by atoms with van der Waals surface area (Å²) in [6, 6.07) is 13.7. The van der Waals surface area contributed by atoms with E-state index < -0.39 is 0 Å². The zero-order valence-electron chi connectivity index (χ0n) is 20.6. The van der Waals surface area contributed by atoms with Crippen LogP contribution >= 0.6 is 0 Å². The highest BCUT2D eigenvalue weighted by Crippen LogP contribution is 2.32. The predicted octanol–water partition coefficient (Wildman–Crippen LogP) is 4.84. The summed E-state index contributed by atoms with van der Waals surface area (Å²) in [5.41, 5.74) is 3.54. The molecule has 2 aliphatic rings. The molecule has 0 atom stereocenters. The Morgan fingerprint density at radius 2 is 1.86 bits per heavy atom. The maximum atomic E-state index is 6.16. The summed E-state index contributed by atoms with van der Waals surface area (Å²) in [6.07, 6.45) is 8.20. The van der Waals surface area contributed by atoms with E-state index in [-0.39, 0.29) is 0 Å². The normalized spacial score (nSPS) is 16.0. The maximum absolute atomic E-state index is 6.16. The molecule has 8 heteroatoms. The van der Waals surface area contributed by atoms with E-state index in [1.165, 1.54) is 12.8 Å². The summed E-state index contributed by atoms with van der Waals surface area (Å²) < 4.78 is 23.5. The third-order valence-electron chi connectivity index (χ3n) is 6.27. The number of fused-ring (bicyclic) bond motifs is 7. The van der Waals surface area contributed by atoms with Crippen LogP contribution in [0, 0.1) is 0 Å². The van der Waals surface area contributed by atoms with E-state index in [1.807, 2.05) is 54.6 Å². The van der Waals surface area contributed by atoms with Crippen LogP contribution in [0.2, 0.25) is 0 Å². The number of hydrogen-bond donors (Lipinski definition) is 1. The van der Waals surface area contributed by atoms with Crippen molar-refractivity contribution in [2.75, 3.05) is 51.9 Å². The number of hydrogen-bond acceptors (Lipinski definition) is 8. The molecule has 3 aromatic rings. The Balaban J connectivity index is 1.39. The molecule has 1 N–H and O–H groups in total. The quantitative estimate of drug-likeness (QED) is 0.512. The molecule has 188 valence electrons. The first-order valence-electron chi connectivity index (χ1n) is 12.4. The molecule has 6 bridgehead atoms. The molecule has 0 spiro atoms. The number of nitrogens with one attached hydrogen (secondary N) is 1. The molecule has 0 unspecified atom stereocenters. The van der Waals surface area contributed by atoms with E-state index in [1.54, 1.807) is 13.3 Å². The number of aromatic nitrogens is 2. The fourth-order valence-corrected chi connectivity index (χ4v) is 4.37. The van der Waals surface area contributed by atoms with Crippen LogP contribution in [-0.2, 0) is 11.3 Å². The van der Waals surface area contributed by atoms with Gasteiger partial charge in [0, 0.05) is 29.6 Å². The molecule has 1 saturated heterocycles. The number of likely N-dealkylation sites (tertiary alicyclic amines) is 1. The monoisotopic (exact) mass is 488 g/mol. The van der Waals surface area contributed by atoms with Crippen molar-refractivity contribution in [2.45, 2.75) is 19.4 Å². The van der Waals surface area contributed by atoms with Crippen LogP contribution < -0.4 is 19.5 Å². The highest BCUT2D eigenvalue weighted by atomic mass is 16.5. The molecule has 2 aromatic carbocycles. The molecule has 0 aliphatic carbocycles. The van der Waals surface area contributed by atoms with Crippen molar-refractivity contribution in [3.05, 3.63) is 66.4 Å². The molecule has 2 aliphatic heterocycles. The fraction of sp³-hybridized carbons (Fsp3) is 0.357. The lowest BCUT2D eigenvalue weighted by molar-refractivity contribution is 0.144. The maximum Gasteiger partial charge on any atom is 0.227 e. The Bertz CT molecular complexity index is 1190. The fourth-order valence-electron chi connectivity index (χ4n) is 4.37. The first-order chi connectivity index (χ1) is 17.8. The molecule has 0 amide bonds. The summed E-state index contributed by atoms with van der Waals surface area (Å²) in [6.45, 7) is 5.21. The van der Waals surface area contributed by atoms with Gasteiger partial charge in [-0.2, -0.15) is 0 Å². The molecular formula is C28H32N4O4. The minimum Gasteiger partial charge on any atom is -0.493 e. The van der Waals surface area contributed by atoms with Gasteiger partial charge in [-0.1, -0.05) is 6.08 Å². The third-order valence-corrected chi connectivity index (χ3v) is 6.27. The number of nitrogens with zero attached hydrogens (tertiary/aromatic N) is 3. The van der Waals surface area contributed by atoms with Gasteiger partial charge in [0.2, 0.25) is 5.95 Å². The standard InChI is InChI=1S/C28H32N4O4/c1-33-26-8-6-21-19-27(26)35-16-5-4-15-34-20-22-18-23(30-28-29-11-10-24(21)31-28)7-9-25(22)36-17-14-32-12-2-3-13-32/h4-11,18-19H,2-3,12-17,20H2,1H3,(H,29,30,31). The Morgan fingerprint density at radius 1 is 1.00 bits per heavy atom. The van der Waals surface area contributed by atoms with Gasteiger partial charge in [-0.15, -0.1) is 0 Å². The van der Waals surface area contributed by atoms with Crippen LogP contribution in [-0.4, -0.2) is 61.4 Å². The lowest BCUT2D eigenvalue weighted by Crippen LogP contribution is -2.25. The first kappa shape index (κ1) is 24.1. The SMILES string of the molecule is COc1ccc2cc1OCC=CCOCc1cc(ccc1OCCN1CCCC1)Nc1nccc-2n1. The molecule has 0 saturated carbocycles. The van der Waals surface area contributed by atoms with Crippen molar-refractivity contribution < 1.29 is 18.9 Å². The average molecular weight is 489 g/mol. The predicted molar refractivity (Wildman–Crippen MR) is 139 cm³/mol. The number of ether oxygens (including phenoxy) is 4. The van der Waals surface area contributed by atoms with Crippen LogP contribution in [0.4, 0.5) is 11.6 Å². The topological polar surface area (TPSA) is 78.0 Å². The molecule has 0 radical (unpaired) electrons. The van der Waals surface area contributed by atoms with Gasteiger partial charge in [0.1, 0.15) is 19.0 Å². The second-order valence-electron chi connectivity index (χ2n) is 8.77. The van der Waals surface area contributed by atoms with Crippen molar-refractivity contribution >= 4 is 11.6 Å². The molecule has 1 aromatic heterocycles. The summed E-state index contributed by atoms with van der Waals surface area (Å²) in [7, 11) is 1.63. The van der Waals surface area contributed by atoms with E-state index in [4.69, 9.17) is 23.9 Å². The zero-order chi connectivity index (χ0) is 24.6. The van der Waals surface area contributed by atoms with Gasteiger partial charge < -0.3 is 24.3 Å². The summed E-state index contributed by atoms with van der Waals surface area (Å²) in [4.78, 5) is 11.6. The van der Waals surface area contributed by atoms with Crippen molar-refractivity contribution in [2.24, 2.45) is 0 Å². The molecular weight excluding hydrogens is 456 g/mol. The number of rotatable bonds is 5. The van der Waals surface area contributed by atoms with Crippen molar-refractivity contribution in [1.82, 2.24) is 14.9 Å². The van der Waals surface area contributed by atoms with Crippen LogP contribution in [0.3, 0.4) is 0 Å². The van der Waals surface area contributed by atoms with Crippen LogP contribution in [0.25, 0.3) is 11.3 Å². The Morgan fingerprint density at radius 3 is 2.75 bits per heavy atom. The van der Waals surface area contributed by atoms with Gasteiger partial charge in [-0.05, 0) is 74.5 Å². The van der Waals surface area contributed by atoms with E-state index >= 15 is 0 Å². The second-order valence-corrected chi connectivity index (χ2v) is 8.77. The second kappa shape index (κ2) is 11.9. The highest BCUT2D eigenvalue weighted by Gasteiger charge is 2.13. The summed E-state index contributed by atoms with van der Waals surface area (Å²) >= 11 is 0. The summed E-state index contributed by atoms with van der Waals surface area (Å²) in [5, 5.41) is 3.32. The van der Waals surface area contributed by atoms with Gasteiger partial charge in [0.15, 0.2) is 11.5 Å². The molecule has 5 rings (SSSR count). The number of anilines is 2. The van der Waals surface area contributed by atoms with E-state index in [2.05, 4.69) is 15.2 Å². The first-order valence-corrected chi connectivity index (χ1v) is 12.4. The Kier molecular flexibility index (Phi) is 7.95. The van der Waals surface area contributed by atoms with E-state index in [0.717, 1.165) is 47.9 Å². The minimum atomic E-state index is 0.403. The van der Waals surface area contributed by atoms with Crippen LogP contribution in [0.5, 0.6) is 17.2 Å². The Labute approximate surface area is 211 Å². The highest BCUT2D eigenvalue weighted by molar-refractivity contribution is 5.66. The lowest BCUT2D eigenvalue weighted by atomic mass is 10.1. The minimum absolute atomic E-state index is 0.403. The molecule has 36 heavy (non-hydrogen) atoms. The largest absolute Gasteiger partial charge is 0.493 e. The number of methoxy groups -OCH3 is 1. The molecule has 1 fully saturated rings. The van der Waals surface area contributed by atoms with Gasteiger partial charge in [0.25, 0.3) is 0 Å². The summed E-state index contributed by atoms with van der Waals surface area (Å²) in [5.74, 6) is 2.66. The van der Waals surface area contributed by atoms with E-state index in [0.29, 0.717) is 43.9 Å². The van der Waals surface area contributed by atoms with Crippen LogP contribution in [0.15, 0.2) is 60.8 Å². The van der Waals surface area contributed by atoms with Gasteiger partial charge >= 0.3 is 0 Å². The van der Waals surface area contributed by atoms with E-state index in [9.17, 15) is 0 Å². The smallest absolute Gasteiger partial charge is 0.227 e. The molecule has 8 nitrogen and oxygen atoms in total. The van der Waals surface area contributed by atoms with Gasteiger partial charge in [-0.25, -0.2) is 9.97 Å². The molecule has 3 heterocycles. The Hall–Kier alpha value is -3.62. The van der Waals surface area contributed by atoms with Gasteiger partial charge in [0.05, 0.1) is 26.0 Å². The van der Waals surface area contributed by atoms with Crippen molar-refractivity contribution in [3.63, 3.8) is 0 Å². The zero-order valence-corrected chi connectivity index (χ0v) is 20.6. The van der Waals surface area contributed by atoms with Crippen LogP contribution in [0.1, 0.15) is 18.4 Å². The number of benzene rings is 2. The van der Waals surface area contributed by atoms with Gasteiger partial charge in [-0.3, -0.25) is 4.90 Å².